The number of para-hydroxylation sites is 1. The van der Waals surface area contributed by atoms with Gasteiger partial charge >= 0.3 is 17.8 Å². The minimum absolute atomic E-state index is 0.00487. The number of quaternary nitrogens is 1. The average molecular weight is 373 g/mol. The summed E-state index contributed by atoms with van der Waals surface area (Å²) in [7, 11) is 0. The van der Waals surface area contributed by atoms with Gasteiger partial charge in [-0.15, -0.1) is 0 Å². The molecular formula is C19H25N4O4+. The van der Waals surface area contributed by atoms with Gasteiger partial charge in [-0.1, -0.05) is 18.2 Å². The number of nitrogens with one attached hydrogen (secondary N) is 2. The van der Waals surface area contributed by atoms with Crippen LogP contribution in [0.1, 0.15) is 26.7 Å². The molecule has 3 rings (SSSR count). The van der Waals surface area contributed by atoms with Gasteiger partial charge in [-0.25, -0.2) is 9.69 Å². The molecule has 2 aliphatic rings. The standard InChI is InChI=1S/C19H24N4O4/c1-13(2)23-18(26)17(25)22(19(23)27)12-21-10-8-14(9-11-21)16(24)20-15-6-4-3-5-7-15/h3-7,13-14H,8-12H2,1-2H3,(H,20,24)/p+1. The van der Waals surface area contributed by atoms with Crippen molar-refractivity contribution >= 4 is 29.4 Å². The lowest BCUT2D eigenvalue weighted by Gasteiger charge is -2.30. The van der Waals surface area contributed by atoms with Gasteiger partial charge in [-0.2, -0.15) is 0 Å². The number of imide groups is 2. The third-order valence-corrected chi connectivity index (χ3v) is 5.09. The van der Waals surface area contributed by atoms with Crippen molar-refractivity contribution in [1.82, 2.24) is 9.80 Å². The molecule has 0 aliphatic carbocycles. The number of urea groups is 1. The van der Waals surface area contributed by atoms with Crippen LogP contribution in [0.2, 0.25) is 0 Å². The number of anilines is 1. The summed E-state index contributed by atoms with van der Waals surface area (Å²) in [6.07, 6.45) is 1.35. The fraction of sp³-hybridized carbons (Fsp3) is 0.474. The van der Waals surface area contributed by atoms with Gasteiger partial charge in [0.05, 0.1) is 13.1 Å². The van der Waals surface area contributed by atoms with Crippen molar-refractivity contribution in [2.45, 2.75) is 32.7 Å². The number of likely N-dealkylation sites (tertiary alicyclic amines) is 1. The first-order valence-corrected chi connectivity index (χ1v) is 9.27. The number of hydrogen-bond acceptors (Lipinski definition) is 4. The Labute approximate surface area is 158 Å². The largest absolute Gasteiger partial charge is 0.338 e. The number of piperidine rings is 1. The molecule has 0 atom stereocenters. The molecule has 1 aromatic rings. The summed E-state index contributed by atoms with van der Waals surface area (Å²) < 4.78 is 0. The number of carbonyl (C=O) groups is 4. The van der Waals surface area contributed by atoms with E-state index in [1.807, 2.05) is 30.3 Å². The number of carbonyl (C=O) groups excluding carboxylic acids is 4. The number of rotatable bonds is 5. The second kappa shape index (κ2) is 7.87. The van der Waals surface area contributed by atoms with E-state index in [1.165, 1.54) is 0 Å². The molecule has 27 heavy (non-hydrogen) atoms. The van der Waals surface area contributed by atoms with E-state index in [0.717, 1.165) is 20.4 Å². The van der Waals surface area contributed by atoms with Crippen LogP contribution in [0.3, 0.4) is 0 Å². The first kappa shape index (κ1) is 19.0. The van der Waals surface area contributed by atoms with E-state index >= 15 is 0 Å². The predicted molar refractivity (Wildman–Crippen MR) is 97.6 cm³/mol. The Balaban J connectivity index is 1.52. The van der Waals surface area contributed by atoms with Gasteiger partial charge in [0.2, 0.25) is 5.91 Å². The maximum atomic E-state index is 12.4. The summed E-state index contributed by atoms with van der Waals surface area (Å²) in [6, 6.07) is 8.44. The molecule has 2 heterocycles. The summed E-state index contributed by atoms with van der Waals surface area (Å²) in [5.41, 5.74) is 0.776. The summed E-state index contributed by atoms with van der Waals surface area (Å²) >= 11 is 0. The molecule has 5 amide bonds. The van der Waals surface area contributed by atoms with Gasteiger partial charge in [0.15, 0.2) is 6.67 Å². The van der Waals surface area contributed by atoms with Crippen molar-refractivity contribution in [1.29, 1.82) is 0 Å². The van der Waals surface area contributed by atoms with Crippen LogP contribution in [-0.2, 0) is 14.4 Å². The fourth-order valence-corrected chi connectivity index (χ4v) is 3.55. The molecular weight excluding hydrogens is 348 g/mol. The van der Waals surface area contributed by atoms with E-state index in [0.29, 0.717) is 25.9 Å². The van der Waals surface area contributed by atoms with E-state index in [9.17, 15) is 19.2 Å². The molecule has 8 nitrogen and oxygen atoms in total. The molecule has 2 saturated heterocycles. The second-order valence-electron chi connectivity index (χ2n) is 7.32. The second-order valence-corrected chi connectivity index (χ2v) is 7.32. The molecule has 1 aromatic carbocycles. The van der Waals surface area contributed by atoms with Crippen molar-refractivity contribution in [2.24, 2.45) is 5.92 Å². The van der Waals surface area contributed by atoms with E-state index in [2.05, 4.69) is 5.32 Å². The maximum Gasteiger partial charge on any atom is 0.338 e. The molecule has 0 bridgehead atoms. The maximum absolute atomic E-state index is 12.4. The Morgan fingerprint density at radius 2 is 1.74 bits per heavy atom. The normalized spacial score (nSPS) is 23.3. The van der Waals surface area contributed by atoms with Gasteiger partial charge in [-0.05, 0) is 26.0 Å². The van der Waals surface area contributed by atoms with Crippen molar-refractivity contribution in [3.63, 3.8) is 0 Å². The smallest absolute Gasteiger partial charge is 0.326 e. The highest BCUT2D eigenvalue weighted by Crippen LogP contribution is 2.16. The summed E-state index contributed by atoms with van der Waals surface area (Å²) in [6.45, 7) is 4.91. The molecule has 0 unspecified atom stereocenters. The zero-order chi connectivity index (χ0) is 19.6. The van der Waals surface area contributed by atoms with Crippen LogP contribution in [0.4, 0.5) is 10.5 Å². The Bertz CT molecular complexity index is 741. The Morgan fingerprint density at radius 3 is 2.30 bits per heavy atom. The van der Waals surface area contributed by atoms with Crippen LogP contribution >= 0.6 is 0 Å². The van der Waals surface area contributed by atoms with Crippen LogP contribution in [-0.4, -0.2) is 59.4 Å². The highest BCUT2D eigenvalue weighted by atomic mass is 16.2. The predicted octanol–water partition coefficient (Wildman–Crippen LogP) is 0.0767. The van der Waals surface area contributed by atoms with Gasteiger partial charge in [0.1, 0.15) is 0 Å². The van der Waals surface area contributed by atoms with Crippen molar-refractivity contribution in [3.05, 3.63) is 30.3 Å². The molecule has 0 spiro atoms. The first-order chi connectivity index (χ1) is 12.9. The SMILES string of the molecule is CC(C)N1C(=O)C(=O)N(C[NH+]2CCC(C(=O)Nc3ccccc3)CC2)C1=O. The number of hydrogen-bond donors (Lipinski definition) is 2. The van der Waals surface area contributed by atoms with Crippen LogP contribution < -0.4 is 10.2 Å². The van der Waals surface area contributed by atoms with Crippen molar-refractivity contribution < 1.29 is 24.1 Å². The lowest BCUT2D eigenvalue weighted by Crippen LogP contribution is -3.14. The third-order valence-electron chi connectivity index (χ3n) is 5.09. The number of benzene rings is 1. The third kappa shape index (κ3) is 4.00. The lowest BCUT2D eigenvalue weighted by molar-refractivity contribution is -0.912. The molecule has 0 radical (unpaired) electrons. The van der Waals surface area contributed by atoms with Crippen LogP contribution in [0.5, 0.6) is 0 Å². The quantitative estimate of drug-likeness (QED) is 0.565. The fourth-order valence-electron chi connectivity index (χ4n) is 3.55. The van der Waals surface area contributed by atoms with E-state index < -0.39 is 17.8 Å². The van der Waals surface area contributed by atoms with Crippen molar-refractivity contribution in [3.8, 4) is 0 Å². The molecule has 0 saturated carbocycles. The lowest BCUT2D eigenvalue weighted by atomic mass is 9.96. The Hall–Kier alpha value is -2.74. The van der Waals surface area contributed by atoms with Gasteiger partial charge in [0.25, 0.3) is 0 Å². The molecule has 2 aliphatic heterocycles. The topological polar surface area (TPSA) is 91.2 Å². The number of amides is 5. The molecule has 144 valence electrons. The average Bonchev–Trinajstić information content (AvgIpc) is 2.86. The molecule has 8 heteroatoms. The Kier molecular flexibility index (Phi) is 5.55. The highest BCUT2D eigenvalue weighted by molar-refractivity contribution is 6.44. The van der Waals surface area contributed by atoms with Crippen LogP contribution in [0.15, 0.2) is 30.3 Å². The van der Waals surface area contributed by atoms with E-state index in [1.54, 1.807) is 13.8 Å². The first-order valence-electron chi connectivity index (χ1n) is 9.27. The molecule has 2 fully saturated rings. The van der Waals surface area contributed by atoms with E-state index in [4.69, 9.17) is 0 Å². The summed E-state index contributed by atoms with van der Waals surface area (Å²) in [5, 5.41) is 2.92. The van der Waals surface area contributed by atoms with Crippen LogP contribution in [0, 0.1) is 5.92 Å². The number of nitrogens with zero attached hydrogens (tertiary/aromatic N) is 2. The van der Waals surface area contributed by atoms with Gasteiger partial charge in [-0.3, -0.25) is 19.3 Å². The van der Waals surface area contributed by atoms with Crippen LogP contribution in [0.25, 0.3) is 0 Å². The van der Waals surface area contributed by atoms with Gasteiger partial charge in [0, 0.05) is 30.5 Å². The minimum atomic E-state index is -0.759. The highest BCUT2D eigenvalue weighted by Gasteiger charge is 2.47. The zero-order valence-corrected chi connectivity index (χ0v) is 15.6. The monoisotopic (exact) mass is 373 g/mol. The zero-order valence-electron chi connectivity index (χ0n) is 15.6. The molecule has 0 aromatic heterocycles. The van der Waals surface area contributed by atoms with E-state index in [-0.39, 0.29) is 24.5 Å². The minimum Gasteiger partial charge on any atom is -0.326 e. The summed E-state index contributed by atoms with van der Waals surface area (Å²) in [4.78, 5) is 51.9. The van der Waals surface area contributed by atoms with Crippen molar-refractivity contribution in [2.75, 3.05) is 25.1 Å². The molecule has 2 N–H and O–H groups in total. The van der Waals surface area contributed by atoms with Gasteiger partial charge < -0.3 is 10.2 Å². The summed E-state index contributed by atoms with van der Waals surface area (Å²) in [5.74, 6) is -1.61. The Morgan fingerprint density at radius 1 is 1.11 bits per heavy atom.